The minimum Gasteiger partial charge on any atom is -0.506 e. The molecule has 5 rings (SSSR count). The highest BCUT2D eigenvalue weighted by molar-refractivity contribution is 6.02. The van der Waals surface area contributed by atoms with Crippen molar-refractivity contribution in [1.29, 1.82) is 0 Å². The molecule has 4 N–H and O–H groups in total. The molecule has 1 amide bonds. The Morgan fingerprint density at radius 3 is 2.86 bits per heavy atom. The maximum absolute atomic E-state index is 12.1. The van der Waals surface area contributed by atoms with Crippen molar-refractivity contribution in [3.8, 4) is 5.75 Å². The van der Waals surface area contributed by atoms with Gasteiger partial charge in [0, 0.05) is 35.4 Å². The van der Waals surface area contributed by atoms with Crippen LogP contribution in [0.4, 0.5) is 17.3 Å². The first kappa shape index (κ1) is 17.3. The molecule has 0 spiro atoms. The lowest BCUT2D eigenvalue weighted by atomic mass is 10.1. The molecule has 2 aliphatic rings. The Morgan fingerprint density at radius 1 is 1.31 bits per heavy atom. The molecule has 0 atom stereocenters. The number of para-hydroxylation sites is 2. The third-order valence-electron chi connectivity index (χ3n) is 4.91. The number of aromatic nitrogens is 3. The Labute approximate surface area is 167 Å². The number of carbonyl (C=O) groups excluding carboxylic acids is 1. The molecular weight excluding hydrogens is 368 g/mol. The lowest BCUT2D eigenvalue weighted by Crippen LogP contribution is -2.12. The molecule has 1 aromatic carbocycles. The molecule has 1 aliphatic carbocycles. The Kier molecular flexibility index (Phi) is 3.97. The summed E-state index contributed by atoms with van der Waals surface area (Å²) in [5, 5.41) is 23.9. The highest BCUT2D eigenvalue weighted by Gasteiger charge is 2.24. The Hall–Kier alpha value is -3.81. The molecule has 1 aliphatic heterocycles. The molecular formula is C21H20N6O2. The maximum Gasteiger partial charge on any atom is 0.251 e. The van der Waals surface area contributed by atoms with Gasteiger partial charge < -0.3 is 21.1 Å². The number of anilines is 3. The average molecular weight is 388 g/mol. The van der Waals surface area contributed by atoms with Crippen LogP contribution in [0.15, 0.2) is 54.4 Å². The van der Waals surface area contributed by atoms with E-state index in [2.05, 4.69) is 32.6 Å². The molecule has 0 unspecified atom stereocenters. The molecule has 146 valence electrons. The fraction of sp³-hybridized carbons (Fsp3) is 0.190. The topological polar surface area (TPSA) is 104 Å². The summed E-state index contributed by atoms with van der Waals surface area (Å²) in [6, 6.07) is 9.29. The fourth-order valence-electron chi connectivity index (χ4n) is 3.30. The molecule has 1 saturated carbocycles. The van der Waals surface area contributed by atoms with Crippen molar-refractivity contribution in [3.05, 3.63) is 59.9 Å². The van der Waals surface area contributed by atoms with Crippen molar-refractivity contribution >= 4 is 35.0 Å². The lowest BCUT2D eigenvalue weighted by molar-refractivity contribution is -0.115. The minimum absolute atomic E-state index is 0.142. The van der Waals surface area contributed by atoms with Crippen LogP contribution in [0, 0.1) is 0 Å². The molecule has 1 saturated heterocycles. The van der Waals surface area contributed by atoms with Gasteiger partial charge in [0.2, 0.25) is 0 Å². The van der Waals surface area contributed by atoms with Crippen molar-refractivity contribution in [2.75, 3.05) is 10.6 Å². The number of amides is 1. The number of nitrogens with one attached hydrogen (secondary N) is 3. The zero-order valence-corrected chi connectivity index (χ0v) is 15.6. The van der Waals surface area contributed by atoms with Gasteiger partial charge in [-0.15, -0.1) is 0 Å². The van der Waals surface area contributed by atoms with Crippen molar-refractivity contribution in [2.45, 2.75) is 25.3 Å². The van der Waals surface area contributed by atoms with E-state index in [0.717, 1.165) is 24.2 Å². The summed E-state index contributed by atoms with van der Waals surface area (Å²) in [5.74, 6) is 1.37. The first-order chi connectivity index (χ1) is 14.1. The molecule has 2 aromatic heterocycles. The first-order valence-electron chi connectivity index (χ1n) is 9.47. The summed E-state index contributed by atoms with van der Waals surface area (Å²) >= 11 is 0. The zero-order valence-electron chi connectivity index (χ0n) is 15.6. The predicted molar refractivity (Wildman–Crippen MR) is 111 cm³/mol. The standard InChI is InChI=1S/C21H20N6O2/c1-12-8-13(21(29)23-12)9-14-11-22-27-19(24-15-6-7-15)10-18(26-20(14)27)25-16-4-2-3-5-17(16)28/h2-5,9-11,15,24,28H,1,6-8H2,(H,23,29)(H,25,26)/b13-9+. The number of phenols is 1. The van der Waals surface area contributed by atoms with E-state index < -0.39 is 0 Å². The number of allylic oxidation sites excluding steroid dienone is 1. The summed E-state index contributed by atoms with van der Waals surface area (Å²) in [4.78, 5) is 16.8. The van der Waals surface area contributed by atoms with Crippen LogP contribution in [0.1, 0.15) is 24.8 Å². The maximum atomic E-state index is 12.1. The van der Waals surface area contributed by atoms with Gasteiger partial charge in [0.1, 0.15) is 17.4 Å². The molecule has 2 fully saturated rings. The number of hydrogen-bond acceptors (Lipinski definition) is 6. The van der Waals surface area contributed by atoms with Crippen molar-refractivity contribution < 1.29 is 9.90 Å². The number of benzene rings is 1. The van der Waals surface area contributed by atoms with Gasteiger partial charge in [-0.1, -0.05) is 18.7 Å². The molecule has 3 heterocycles. The van der Waals surface area contributed by atoms with Gasteiger partial charge in [-0.2, -0.15) is 9.61 Å². The molecule has 8 nitrogen and oxygen atoms in total. The van der Waals surface area contributed by atoms with E-state index in [9.17, 15) is 9.90 Å². The number of aromatic hydroxyl groups is 1. The van der Waals surface area contributed by atoms with Gasteiger partial charge in [-0.25, -0.2) is 4.98 Å². The molecule has 3 aromatic rings. The van der Waals surface area contributed by atoms with E-state index in [-0.39, 0.29) is 11.7 Å². The zero-order chi connectivity index (χ0) is 20.0. The van der Waals surface area contributed by atoms with Gasteiger partial charge in [0.15, 0.2) is 5.65 Å². The van der Waals surface area contributed by atoms with Crippen molar-refractivity contribution in [3.63, 3.8) is 0 Å². The van der Waals surface area contributed by atoms with Crippen LogP contribution in [0.2, 0.25) is 0 Å². The van der Waals surface area contributed by atoms with Gasteiger partial charge >= 0.3 is 0 Å². The van der Waals surface area contributed by atoms with Crippen LogP contribution in [-0.2, 0) is 4.79 Å². The Bertz CT molecular complexity index is 1180. The summed E-state index contributed by atoms with van der Waals surface area (Å²) in [6.45, 7) is 3.82. The summed E-state index contributed by atoms with van der Waals surface area (Å²) in [6.07, 6.45) is 6.22. The predicted octanol–water partition coefficient (Wildman–Crippen LogP) is 3.17. The molecule has 8 heteroatoms. The van der Waals surface area contributed by atoms with E-state index in [0.29, 0.717) is 40.9 Å². The van der Waals surface area contributed by atoms with Crippen LogP contribution in [0.3, 0.4) is 0 Å². The fourth-order valence-corrected chi connectivity index (χ4v) is 3.30. The van der Waals surface area contributed by atoms with Gasteiger partial charge in [-0.05, 0) is 31.1 Å². The number of phenolic OH excluding ortho intramolecular Hbond substituents is 1. The highest BCUT2D eigenvalue weighted by atomic mass is 16.3. The van der Waals surface area contributed by atoms with E-state index >= 15 is 0 Å². The van der Waals surface area contributed by atoms with Crippen LogP contribution in [0.5, 0.6) is 5.75 Å². The third kappa shape index (κ3) is 3.40. The van der Waals surface area contributed by atoms with Crippen LogP contribution in [-0.4, -0.2) is 31.7 Å². The summed E-state index contributed by atoms with van der Waals surface area (Å²) < 4.78 is 1.74. The monoisotopic (exact) mass is 388 g/mol. The molecule has 29 heavy (non-hydrogen) atoms. The van der Waals surface area contributed by atoms with E-state index in [4.69, 9.17) is 0 Å². The van der Waals surface area contributed by atoms with Crippen molar-refractivity contribution in [1.82, 2.24) is 19.9 Å². The average Bonchev–Trinajstić information content (AvgIpc) is 3.33. The van der Waals surface area contributed by atoms with Crippen LogP contribution >= 0.6 is 0 Å². The second-order valence-electron chi connectivity index (χ2n) is 7.33. The largest absolute Gasteiger partial charge is 0.506 e. The lowest BCUT2D eigenvalue weighted by Gasteiger charge is -2.12. The number of nitrogens with zero attached hydrogens (tertiary/aromatic N) is 3. The van der Waals surface area contributed by atoms with Crippen LogP contribution in [0.25, 0.3) is 11.7 Å². The van der Waals surface area contributed by atoms with E-state index in [1.807, 2.05) is 12.1 Å². The Morgan fingerprint density at radius 2 is 2.14 bits per heavy atom. The normalized spacial score (nSPS) is 17.7. The van der Waals surface area contributed by atoms with Crippen molar-refractivity contribution in [2.24, 2.45) is 0 Å². The second-order valence-corrected chi connectivity index (χ2v) is 7.33. The van der Waals surface area contributed by atoms with E-state index in [1.165, 1.54) is 0 Å². The van der Waals surface area contributed by atoms with Gasteiger partial charge in [0.05, 0.1) is 11.9 Å². The quantitative estimate of drug-likeness (QED) is 0.395. The molecule has 0 radical (unpaired) electrons. The SMILES string of the molecule is C=C1C/C(=C\c2cnn3c(NC4CC4)cc(Nc4ccccc4O)nc23)C(=O)N1. The van der Waals surface area contributed by atoms with E-state index in [1.54, 1.807) is 35.0 Å². The minimum atomic E-state index is -0.144. The Balaban J connectivity index is 1.59. The van der Waals surface area contributed by atoms with Gasteiger partial charge in [0.25, 0.3) is 5.91 Å². The second kappa shape index (κ2) is 6.66. The summed E-state index contributed by atoms with van der Waals surface area (Å²) in [5.41, 5.74) is 3.23. The van der Waals surface area contributed by atoms with Gasteiger partial charge in [-0.3, -0.25) is 4.79 Å². The summed E-state index contributed by atoms with van der Waals surface area (Å²) in [7, 11) is 0. The number of fused-ring (bicyclic) bond motifs is 1. The van der Waals surface area contributed by atoms with Crippen LogP contribution < -0.4 is 16.0 Å². The third-order valence-corrected chi connectivity index (χ3v) is 4.91. The highest BCUT2D eigenvalue weighted by Crippen LogP contribution is 2.31. The number of carbonyl (C=O) groups is 1. The molecule has 0 bridgehead atoms. The first-order valence-corrected chi connectivity index (χ1v) is 9.47. The number of rotatable bonds is 5. The smallest absolute Gasteiger partial charge is 0.251 e. The number of hydrogen-bond donors (Lipinski definition) is 4.